The molecule has 0 aromatic heterocycles. The van der Waals surface area contributed by atoms with Gasteiger partial charge in [0.05, 0.1) is 11.1 Å². The molecule has 2 aromatic rings. The molecule has 0 aliphatic carbocycles. The maximum atomic E-state index is 13.9. The molecule has 0 radical (unpaired) electrons. The van der Waals surface area contributed by atoms with Crippen LogP contribution in [0.3, 0.4) is 0 Å². The van der Waals surface area contributed by atoms with Crippen molar-refractivity contribution in [1.29, 1.82) is 0 Å². The molecule has 270 valence electrons. The summed E-state index contributed by atoms with van der Waals surface area (Å²) >= 11 is 0. The Morgan fingerprint density at radius 1 is 0.562 bits per heavy atom. The van der Waals surface area contributed by atoms with Gasteiger partial charge in [-0.1, -0.05) is 0 Å². The number of benzene rings is 2. The number of halogens is 17. The van der Waals surface area contributed by atoms with E-state index in [1.165, 1.54) is 29.0 Å². The number of hydrogen-bond acceptors (Lipinski definition) is 7. The fourth-order valence-corrected chi connectivity index (χ4v) is 2.84. The van der Waals surface area contributed by atoms with Crippen LogP contribution < -0.4 is 10.1 Å². The van der Waals surface area contributed by atoms with E-state index in [0.717, 1.165) is 12.1 Å². The Morgan fingerprint density at radius 3 is 1.38 bits per heavy atom. The van der Waals surface area contributed by atoms with Gasteiger partial charge < -0.3 is 14.8 Å². The fraction of sp³-hybridized carbons (Fsp3) is 0.417. The average Bonchev–Trinajstić information content (AvgIpc) is 2.94. The lowest BCUT2D eigenvalue weighted by molar-refractivity contribution is -0.542. The molecule has 24 heteroatoms. The normalized spacial score (nSPS) is 14.0. The van der Waals surface area contributed by atoms with Crippen LogP contribution in [0.1, 0.15) is 20.7 Å². The quantitative estimate of drug-likeness (QED) is 0.120. The van der Waals surface area contributed by atoms with Crippen molar-refractivity contribution in [3.05, 3.63) is 59.7 Å². The molecule has 0 unspecified atom stereocenters. The van der Waals surface area contributed by atoms with E-state index < -0.39 is 72.5 Å². The molecule has 0 saturated heterocycles. The number of rotatable bonds is 14. The van der Waals surface area contributed by atoms with Crippen molar-refractivity contribution in [3.63, 3.8) is 0 Å². The molecule has 0 atom stereocenters. The van der Waals surface area contributed by atoms with E-state index in [1.54, 1.807) is 11.8 Å². The number of anilines is 1. The summed E-state index contributed by atoms with van der Waals surface area (Å²) in [6, 6.07) is 8.70. The molecule has 7 nitrogen and oxygen atoms in total. The Morgan fingerprint density at radius 2 is 0.958 bits per heavy atom. The average molecular weight is 735 g/mol. The second kappa shape index (κ2) is 13.1. The first kappa shape index (κ1) is 40.1. The van der Waals surface area contributed by atoms with Crippen LogP contribution >= 0.6 is 0 Å². The summed E-state index contributed by atoms with van der Waals surface area (Å²) in [5, 5.41) is 2.77. The first-order valence-corrected chi connectivity index (χ1v) is 11.8. The third kappa shape index (κ3) is 8.13. The second-order valence-corrected chi connectivity index (χ2v) is 8.94. The molecule has 0 saturated carbocycles. The van der Waals surface area contributed by atoms with E-state index in [-0.39, 0.29) is 11.3 Å². The molecule has 2 rings (SSSR count). The van der Waals surface area contributed by atoms with Gasteiger partial charge in [0.15, 0.2) is 6.61 Å². The minimum Gasteiger partial charge on any atom is -0.455 e. The Bertz CT molecular complexity index is 1440. The predicted octanol–water partition coefficient (Wildman–Crippen LogP) is 7.98. The van der Waals surface area contributed by atoms with E-state index in [2.05, 4.69) is 10.1 Å². The van der Waals surface area contributed by atoms with Crippen molar-refractivity contribution in [1.82, 2.24) is 0 Å². The van der Waals surface area contributed by atoms with Crippen LogP contribution in [0, 0.1) is 0 Å². The summed E-state index contributed by atoms with van der Waals surface area (Å²) in [5.41, 5.74) is -0.468. The summed E-state index contributed by atoms with van der Waals surface area (Å²) in [7, 11) is 1.59. The molecular formula is C24H14F17NO6. The first-order valence-electron chi connectivity index (χ1n) is 11.8. The highest BCUT2D eigenvalue weighted by atomic mass is 19.4. The number of carbonyl (C=O) groups is 2. The van der Waals surface area contributed by atoms with Gasteiger partial charge in [0.25, 0.3) is 0 Å². The lowest BCUT2D eigenvalue weighted by Gasteiger charge is -2.37. The SMILES string of the molecule is CNc1ccc(OC(=O)c2ccc(C(=O)OCC(F)(F)C(F)(F)OC(F)(F)C(F)(F)C(F)(F)OC(F)(F)C(F)(F)C(F)(F)F)cc2)cc1. The van der Waals surface area contributed by atoms with Gasteiger partial charge in [0.2, 0.25) is 0 Å². The Labute approximate surface area is 254 Å². The molecule has 0 spiro atoms. The first-order chi connectivity index (χ1) is 21.4. The number of esters is 2. The Kier molecular flexibility index (Phi) is 10.9. The molecule has 0 bridgehead atoms. The van der Waals surface area contributed by atoms with E-state index in [0.29, 0.717) is 17.8 Å². The third-order valence-electron chi connectivity index (χ3n) is 5.49. The van der Waals surface area contributed by atoms with Crippen LogP contribution in [-0.4, -0.2) is 74.0 Å². The van der Waals surface area contributed by atoms with Crippen molar-refractivity contribution < 1.29 is 103 Å². The smallest absolute Gasteiger partial charge is 0.455 e. The summed E-state index contributed by atoms with van der Waals surface area (Å²) in [6.07, 6.45) is -38.2. The van der Waals surface area contributed by atoms with Crippen LogP contribution in [0.5, 0.6) is 5.75 Å². The minimum atomic E-state index is -8.10. The molecule has 1 N–H and O–H groups in total. The van der Waals surface area contributed by atoms with Crippen LogP contribution in [0.2, 0.25) is 0 Å². The molecule has 48 heavy (non-hydrogen) atoms. The van der Waals surface area contributed by atoms with Gasteiger partial charge in [0, 0.05) is 12.7 Å². The number of hydrogen-bond donors (Lipinski definition) is 1. The summed E-state index contributed by atoms with van der Waals surface area (Å²) in [5.74, 6) is -25.2. The van der Waals surface area contributed by atoms with E-state index in [4.69, 9.17) is 4.74 Å². The van der Waals surface area contributed by atoms with Gasteiger partial charge in [-0.25, -0.2) is 19.1 Å². The zero-order valence-electron chi connectivity index (χ0n) is 22.7. The van der Waals surface area contributed by atoms with Gasteiger partial charge in [-0.2, -0.15) is 74.6 Å². The van der Waals surface area contributed by atoms with Crippen molar-refractivity contribution in [3.8, 4) is 5.75 Å². The van der Waals surface area contributed by atoms with Gasteiger partial charge in [-0.05, 0) is 48.5 Å². The monoisotopic (exact) mass is 735 g/mol. The van der Waals surface area contributed by atoms with Crippen molar-refractivity contribution in [2.75, 3.05) is 19.0 Å². The van der Waals surface area contributed by atoms with Crippen molar-refractivity contribution in [2.24, 2.45) is 0 Å². The molecular weight excluding hydrogens is 721 g/mol. The summed E-state index contributed by atoms with van der Waals surface area (Å²) < 4.78 is 236. The van der Waals surface area contributed by atoms with E-state index >= 15 is 0 Å². The number of ether oxygens (including phenoxy) is 4. The summed E-state index contributed by atoms with van der Waals surface area (Å²) in [6.45, 7) is -3.06. The van der Waals surface area contributed by atoms with Gasteiger partial charge in [0.1, 0.15) is 5.75 Å². The Hall–Kier alpha value is -4.09. The topological polar surface area (TPSA) is 83.1 Å². The number of carbonyl (C=O) groups excluding carboxylic acids is 2. The molecule has 2 aromatic carbocycles. The largest absolute Gasteiger partial charge is 0.462 e. The maximum Gasteiger partial charge on any atom is 0.462 e. The van der Waals surface area contributed by atoms with Gasteiger partial charge in [-0.3, -0.25) is 0 Å². The lowest BCUT2D eigenvalue weighted by Crippen LogP contribution is -2.64. The number of alkyl halides is 17. The van der Waals surface area contributed by atoms with Gasteiger partial charge >= 0.3 is 60.3 Å². The lowest BCUT2D eigenvalue weighted by atomic mass is 10.1. The Balaban J connectivity index is 2.13. The van der Waals surface area contributed by atoms with Crippen molar-refractivity contribution >= 4 is 17.6 Å². The summed E-state index contributed by atoms with van der Waals surface area (Å²) in [4.78, 5) is 24.1. The van der Waals surface area contributed by atoms with E-state index in [1.807, 2.05) is 0 Å². The van der Waals surface area contributed by atoms with Gasteiger partial charge in [-0.15, -0.1) is 0 Å². The van der Waals surface area contributed by atoms with Crippen LogP contribution in [0.15, 0.2) is 48.5 Å². The molecule has 0 fully saturated rings. The van der Waals surface area contributed by atoms with Crippen molar-refractivity contribution in [2.45, 2.75) is 48.4 Å². The zero-order valence-corrected chi connectivity index (χ0v) is 22.7. The molecule has 0 heterocycles. The highest BCUT2D eigenvalue weighted by molar-refractivity contribution is 5.94. The molecule has 0 amide bonds. The van der Waals surface area contributed by atoms with E-state index in [9.17, 15) is 84.2 Å². The van der Waals surface area contributed by atoms with Crippen LogP contribution in [0.25, 0.3) is 0 Å². The number of nitrogens with one attached hydrogen (secondary N) is 1. The second-order valence-electron chi connectivity index (χ2n) is 8.94. The predicted molar refractivity (Wildman–Crippen MR) is 121 cm³/mol. The standard InChI is InChI=1S/C24H14F17NO6/c1-42-13-6-8-14(9-7-13)46-16(44)12-4-2-11(3-5-12)15(43)45-10-17(25,26)21(34,35)47-23(38,39)19(29,30)24(40,41)48-22(36,37)18(27,28)20(31,32)33/h2-9,42H,10H2,1H3. The zero-order chi connectivity index (χ0) is 37.4. The third-order valence-corrected chi connectivity index (χ3v) is 5.49. The minimum absolute atomic E-state index is 0.0355. The van der Waals surface area contributed by atoms with Crippen LogP contribution in [-0.2, 0) is 14.2 Å². The fourth-order valence-electron chi connectivity index (χ4n) is 2.84. The highest BCUT2D eigenvalue weighted by Crippen LogP contribution is 2.55. The van der Waals surface area contributed by atoms with Crippen LogP contribution in [0.4, 0.5) is 80.3 Å². The maximum absolute atomic E-state index is 13.9. The molecule has 0 aliphatic heterocycles. The molecule has 0 aliphatic rings. The highest BCUT2D eigenvalue weighted by Gasteiger charge is 2.83.